The standard InChI is InChI=1S/C16H24FN3O2/c1-11-9-20(8-7-19(11)10-12(2)21)15(16(18)22)13-3-5-14(17)6-4-13/h3-6,11-12,15,21H,7-10H2,1-2H3,(H2,18,22)/t11-,12-,15-/m0/s1. The smallest absolute Gasteiger partial charge is 0.239 e. The Morgan fingerprint density at radius 1 is 1.41 bits per heavy atom. The molecule has 3 atom stereocenters. The van der Waals surface area contributed by atoms with Crippen molar-refractivity contribution in [2.45, 2.75) is 32.0 Å². The number of carbonyl (C=O) groups excluding carboxylic acids is 1. The van der Waals surface area contributed by atoms with E-state index < -0.39 is 11.9 Å². The highest BCUT2D eigenvalue weighted by Gasteiger charge is 2.32. The van der Waals surface area contributed by atoms with Gasteiger partial charge in [-0.05, 0) is 31.5 Å². The molecule has 122 valence electrons. The molecule has 1 aliphatic rings. The number of rotatable bonds is 5. The van der Waals surface area contributed by atoms with Crippen LogP contribution in [0.3, 0.4) is 0 Å². The summed E-state index contributed by atoms with van der Waals surface area (Å²) >= 11 is 0. The topological polar surface area (TPSA) is 69.8 Å². The van der Waals surface area contributed by atoms with E-state index >= 15 is 0 Å². The highest BCUT2D eigenvalue weighted by molar-refractivity contribution is 5.81. The van der Waals surface area contributed by atoms with E-state index in [1.165, 1.54) is 12.1 Å². The summed E-state index contributed by atoms with van der Waals surface area (Å²) in [5.74, 6) is -0.759. The van der Waals surface area contributed by atoms with Crippen LogP contribution in [-0.2, 0) is 4.79 Å². The Hall–Kier alpha value is -1.50. The zero-order valence-corrected chi connectivity index (χ0v) is 13.1. The van der Waals surface area contributed by atoms with Gasteiger partial charge in [-0.2, -0.15) is 0 Å². The summed E-state index contributed by atoms with van der Waals surface area (Å²) in [4.78, 5) is 16.1. The first kappa shape index (κ1) is 16.9. The number of benzene rings is 1. The molecule has 3 N–H and O–H groups in total. The molecular formula is C16H24FN3O2. The van der Waals surface area contributed by atoms with Crippen LogP contribution >= 0.6 is 0 Å². The molecule has 1 saturated heterocycles. The van der Waals surface area contributed by atoms with Crippen molar-refractivity contribution < 1.29 is 14.3 Å². The molecule has 0 unspecified atom stereocenters. The van der Waals surface area contributed by atoms with Gasteiger partial charge in [-0.1, -0.05) is 12.1 Å². The molecule has 0 aliphatic carbocycles. The highest BCUT2D eigenvalue weighted by atomic mass is 19.1. The lowest BCUT2D eigenvalue weighted by Gasteiger charge is -2.42. The van der Waals surface area contributed by atoms with Gasteiger partial charge in [0.2, 0.25) is 5.91 Å². The monoisotopic (exact) mass is 309 g/mol. The van der Waals surface area contributed by atoms with Gasteiger partial charge >= 0.3 is 0 Å². The third-order valence-corrected chi connectivity index (χ3v) is 4.12. The predicted molar refractivity (Wildman–Crippen MR) is 82.6 cm³/mol. The van der Waals surface area contributed by atoms with Crippen LogP contribution in [0.5, 0.6) is 0 Å². The number of halogens is 1. The van der Waals surface area contributed by atoms with Gasteiger partial charge in [0.1, 0.15) is 11.9 Å². The average Bonchev–Trinajstić information content (AvgIpc) is 2.43. The number of aliphatic hydroxyl groups is 1. The van der Waals surface area contributed by atoms with Gasteiger partial charge < -0.3 is 10.8 Å². The maximum absolute atomic E-state index is 13.1. The van der Waals surface area contributed by atoms with Gasteiger partial charge in [0.15, 0.2) is 0 Å². The van der Waals surface area contributed by atoms with Crippen LogP contribution in [0, 0.1) is 5.82 Å². The summed E-state index contributed by atoms with van der Waals surface area (Å²) in [5, 5.41) is 9.52. The zero-order chi connectivity index (χ0) is 16.3. The number of carbonyl (C=O) groups is 1. The molecule has 1 amide bonds. The molecular weight excluding hydrogens is 285 g/mol. The number of hydrogen-bond donors (Lipinski definition) is 2. The fraction of sp³-hybridized carbons (Fsp3) is 0.562. The number of nitrogens with zero attached hydrogens (tertiary/aromatic N) is 2. The average molecular weight is 309 g/mol. The molecule has 1 aromatic rings. The SMILES string of the molecule is C[C@H](O)CN1CCN([C@H](C(N)=O)c2ccc(F)cc2)C[C@@H]1C. The minimum Gasteiger partial charge on any atom is -0.392 e. The van der Waals surface area contributed by atoms with E-state index in [1.807, 2.05) is 4.90 Å². The first-order valence-electron chi connectivity index (χ1n) is 7.59. The van der Waals surface area contributed by atoms with Crippen molar-refractivity contribution in [2.24, 2.45) is 5.73 Å². The Morgan fingerprint density at radius 3 is 2.55 bits per heavy atom. The molecule has 0 aromatic heterocycles. The molecule has 1 aromatic carbocycles. The Kier molecular flexibility index (Phi) is 5.50. The normalized spacial score (nSPS) is 23.2. The second kappa shape index (κ2) is 7.17. The number of hydrogen-bond acceptors (Lipinski definition) is 4. The fourth-order valence-electron chi connectivity index (χ4n) is 3.07. The van der Waals surface area contributed by atoms with Crippen molar-refractivity contribution in [1.29, 1.82) is 0 Å². The quantitative estimate of drug-likeness (QED) is 0.842. The maximum Gasteiger partial charge on any atom is 0.239 e. The number of nitrogens with two attached hydrogens (primary N) is 1. The maximum atomic E-state index is 13.1. The lowest BCUT2D eigenvalue weighted by atomic mass is 10.0. The minimum atomic E-state index is -0.545. The second-order valence-corrected chi connectivity index (χ2v) is 6.04. The first-order chi connectivity index (χ1) is 10.4. The molecule has 0 radical (unpaired) electrons. The molecule has 0 saturated carbocycles. The Balaban J connectivity index is 2.11. The molecule has 2 rings (SSSR count). The fourth-order valence-corrected chi connectivity index (χ4v) is 3.07. The Morgan fingerprint density at radius 2 is 2.05 bits per heavy atom. The van der Waals surface area contributed by atoms with Crippen molar-refractivity contribution in [3.05, 3.63) is 35.6 Å². The number of amides is 1. The van der Waals surface area contributed by atoms with E-state index in [0.29, 0.717) is 25.2 Å². The number of primary amides is 1. The van der Waals surface area contributed by atoms with Crippen LogP contribution in [0.4, 0.5) is 4.39 Å². The molecule has 6 heteroatoms. The van der Waals surface area contributed by atoms with Gasteiger partial charge in [0.25, 0.3) is 0 Å². The number of piperazine rings is 1. The van der Waals surface area contributed by atoms with Crippen molar-refractivity contribution in [1.82, 2.24) is 9.80 Å². The molecule has 22 heavy (non-hydrogen) atoms. The zero-order valence-electron chi connectivity index (χ0n) is 13.1. The van der Waals surface area contributed by atoms with E-state index in [1.54, 1.807) is 19.1 Å². The van der Waals surface area contributed by atoms with Gasteiger partial charge in [-0.3, -0.25) is 14.6 Å². The van der Waals surface area contributed by atoms with E-state index in [9.17, 15) is 14.3 Å². The predicted octanol–water partition coefficient (Wildman–Crippen LogP) is 0.739. The van der Waals surface area contributed by atoms with Crippen LogP contribution in [0.15, 0.2) is 24.3 Å². The molecule has 0 bridgehead atoms. The largest absolute Gasteiger partial charge is 0.392 e. The number of aliphatic hydroxyl groups excluding tert-OH is 1. The molecule has 1 heterocycles. The van der Waals surface area contributed by atoms with E-state index in [2.05, 4.69) is 11.8 Å². The summed E-state index contributed by atoms with van der Waals surface area (Å²) < 4.78 is 13.1. The van der Waals surface area contributed by atoms with Crippen LogP contribution in [0.1, 0.15) is 25.5 Å². The van der Waals surface area contributed by atoms with Crippen molar-refractivity contribution in [2.75, 3.05) is 26.2 Å². The lowest BCUT2D eigenvalue weighted by molar-refractivity contribution is -0.124. The summed E-state index contributed by atoms with van der Waals surface area (Å²) in [5.41, 5.74) is 6.28. The first-order valence-corrected chi connectivity index (χ1v) is 7.59. The van der Waals surface area contributed by atoms with Crippen LogP contribution < -0.4 is 5.73 Å². The summed E-state index contributed by atoms with van der Waals surface area (Å²) in [6.45, 7) is 6.57. The summed E-state index contributed by atoms with van der Waals surface area (Å²) in [6.07, 6.45) is -0.377. The molecule has 0 spiro atoms. The molecule has 5 nitrogen and oxygen atoms in total. The van der Waals surface area contributed by atoms with Crippen LogP contribution in [0.25, 0.3) is 0 Å². The summed E-state index contributed by atoms with van der Waals surface area (Å²) in [7, 11) is 0. The van der Waals surface area contributed by atoms with Gasteiger partial charge in [0, 0.05) is 32.2 Å². The third-order valence-electron chi connectivity index (χ3n) is 4.12. The van der Waals surface area contributed by atoms with Gasteiger partial charge in [-0.25, -0.2) is 4.39 Å². The number of β-amino-alcohol motifs (C(OH)–C–C–N with tert-alkyl or cyclic N) is 1. The van der Waals surface area contributed by atoms with Crippen LogP contribution in [-0.4, -0.2) is 59.1 Å². The molecule has 1 fully saturated rings. The molecule has 1 aliphatic heterocycles. The van der Waals surface area contributed by atoms with E-state index in [-0.39, 0.29) is 18.0 Å². The van der Waals surface area contributed by atoms with Crippen molar-refractivity contribution in [3.8, 4) is 0 Å². The van der Waals surface area contributed by atoms with Crippen LogP contribution in [0.2, 0.25) is 0 Å². The van der Waals surface area contributed by atoms with E-state index in [0.717, 1.165) is 6.54 Å². The Labute approximate surface area is 130 Å². The van der Waals surface area contributed by atoms with Crippen molar-refractivity contribution >= 4 is 5.91 Å². The minimum absolute atomic E-state index is 0.214. The highest BCUT2D eigenvalue weighted by Crippen LogP contribution is 2.24. The summed E-state index contributed by atoms with van der Waals surface area (Å²) in [6, 6.07) is 5.58. The lowest BCUT2D eigenvalue weighted by Crippen LogP contribution is -2.55. The second-order valence-electron chi connectivity index (χ2n) is 6.04. The van der Waals surface area contributed by atoms with E-state index in [4.69, 9.17) is 5.73 Å². The third kappa shape index (κ3) is 4.03. The van der Waals surface area contributed by atoms with Crippen molar-refractivity contribution in [3.63, 3.8) is 0 Å². The van der Waals surface area contributed by atoms with Gasteiger partial charge in [-0.15, -0.1) is 0 Å². The Bertz CT molecular complexity index is 507. The van der Waals surface area contributed by atoms with Gasteiger partial charge in [0.05, 0.1) is 6.10 Å².